The lowest BCUT2D eigenvalue weighted by Crippen LogP contribution is -2.41. The van der Waals surface area contributed by atoms with Gasteiger partial charge in [0.2, 0.25) is 11.8 Å². The summed E-state index contributed by atoms with van der Waals surface area (Å²) in [5.41, 5.74) is 12.5. The van der Waals surface area contributed by atoms with Gasteiger partial charge in [-0.2, -0.15) is 15.1 Å². The lowest BCUT2D eigenvalue weighted by Gasteiger charge is -2.26. The maximum atomic E-state index is 13.8. The van der Waals surface area contributed by atoms with Crippen LogP contribution in [-0.4, -0.2) is 62.5 Å². The van der Waals surface area contributed by atoms with E-state index in [0.717, 1.165) is 0 Å². The van der Waals surface area contributed by atoms with E-state index in [1.54, 1.807) is 48.7 Å². The molecule has 218 valence electrons. The first kappa shape index (κ1) is 29.7. The van der Waals surface area contributed by atoms with Crippen LogP contribution in [-0.2, 0) is 23.4 Å². The number of imidazole rings is 1. The maximum absolute atomic E-state index is 13.8. The molecule has 1 aliphatic rings. The second-order valence-corrected chi connectivity index (χ2v) is 11.7. The molecule has 1 saturated heterocycles. The summed E-state index contributed by atoms with van der Waals surface area (Å²) in [5.74, 6) is -0.0224. The number of benzene rings is 1. The number of hydrogen-bond donors (Lipinski definition) is 3. The van der Waals surface area contributed by atoms with Crippen molar-refractivity contribution in [1.82, 2.24) is 24.6 Å². The fourth-order valence-electron chi connectivity index (χ4n) is 4.29. The highest BCUT2D eigenvalue weighted by Crippen LogP contribution is 2.47. The Morgan fingerprint density at radius 3 is 2.67 bits per heavy atom. The molecule has 14 nitrogen and oxygen atoms in total. The van der Waals surface area contributed by atoms with Crippen molar-refractivity contribution in [2.24, 2.45) is 5.73 Å². The molecule has 0 radical (unpaired) electrons. The maximum Gasteiger partial charge on any atom is 0.459 e. The zero-order chi connectivity index (χ0) is 29.1. The van der Waals surface area contributed by atoms with Gasteiger partial charge in [-0.25, -0.2) is 9.55 Å². The molecule has 1 unspecified atom stereocenters. The number of ether oxygens (including phenoxy) is 3. The van der Waals surface area contributed by atoms with Crippen molar-refractivity contribution < 1.29 is 32.6 Å². The van der Waals surface area contributed by atoms with Gasteiger partial charge in [0.15, 0.2) is 17.4 Å². The Kier molecular flexibility index (Phi) is 8.96. The van der Waals surface area contributed by atoms with Crippen molar-refractivity contribution >= 4 is 30.8 Å². The molecule has 2 aromatic heterocycles. The van der Waals surface area contributed by atoms with Crippen LogP contribution in [0.25, 0.3) is 11.2 Å². The summed E-state index contributed by atoms with van der Waals surface area (Å²) < 4.78 is 44.0. The minimum absolute atomic E-state index is 0.0180. The van der Waals surface area contributed by atoms with Gasteiger partial charge in [0.05, 0.1) is 37.3 Å². The fourth-order valence-corrected chi connectivity index (χ4v) is 5.81. The summed E-state index contributed by atoms with van der Waals surface area (Å²) in [6, 6.07) is 7.52. The number of carbonyl (C=O) groups excluding carboxylic acids is 1. The third kappa shape index (κ3) is 6.88. The minimum Gasteiger partial charge on any atom is -0.476 e. The molecule has 4 rings (SSSR count). The summed E-state index contributed by atoms with van der Waals surface area (Å²) in [6.45, 7) is 8.83. The van der Waals surface area contributed by atoms with E-state index in [2.05, 4.69) is 20.0 Å². The Labute approximate surface area is 232 Å². The first-order valence-electron chi connectivity index (χ1n) is 13.0. The number of nitrogens with zero attached hydrogens (tertiary/aromatic N) is 4. The predicted molar refractivity (Wildman–Crippen MR) is 146 cm³/mol. The Bertz CT molecular complexity index is 1370. The van der Waals surface area contributed by atoms with Gasteiger partial charge in [-0.15, -0.1) is 0 Å². The molecular formula is C25H36N7O7P. The van der Waals surface area contributed by atoms with E-state index in [9.17, 15) is 9.36 Å². The van der Waals surface area contributed by atoms with Crippen LogP contribution < -0.4 is 25.8 Å². The van der Waals surface area contributed by atoms with E-state index in [1.807, 2.05) is 13.8 Å². The zero-order valence-corrected chi connectivity index (χ0v) is 24.0. The van der Waals surface area contributed by atoms with Crippen LogP contribution in [0, 0.1) is 0 Å². The van der Waals surface area contributed by atoms with Gasteiger partial charge in [0, 0.05) is 0 Å². The van der Waals surface area contributed by atoms with Gasteiger partial charge in [0.1, 0.15) is 11.8 Å². The molecule has 3 aromatic rings. The van der Waals surface area contributed by atoms with Crippen molar-refractivity contribution in [3.8, 4) is 11.6 Å². The van der Waals surface area contributed by atoms with Crippen LogP contribution in [0.3, 0.4) is 0 Å². The van der Waals surface area contributed by atoms with Crippen LogP contribution >= 0.6 is 7.75 Å². The average molecular weight is 578 g/mol. The van der Waals surface area contributed by atoms with E-state index in [4.69, 9.17) is 34.7 Å². The number of fused-ring (bicyclic) bond motifs is 1. The predicted octanol–water partition coefficient (Wildman–Crippen LogP) is 2.95. The summed E-state index contributed by atoms with van der Waals surface area (Å²) in [4.78, 5) is 25.2. The molecule has 5 N–H and O–H groups in total. The summed E-state index contributed by atoms with van der Waals surface area (Å²) >= 11 is 0. The van der Waals surface area contributed by atoms with Gasteiger partial charge in [0.25, 0.3) is 0 Å². The number of nitrogens with two attached hydrogens (primary N) is 2. The normalized spacial score (nSPS) is 23.2. The molecule has 0 spiro atoms. The molecule has 40 heavy (non-hydrogen) atoms. The largest absolute Gasteiger partial charge is 0.476 e. The lowest BCUT2D eigenvalue weighted by atomic mass is 9.97. The number of carbonyl (C=O) groups is 1. The molecule has 0 saturated carbocycles. The molecule has 1 aromatic carbocycles. The van der Waals surface area contributed by atoms with E-state index >= 15 is 0 Å². The van der Waals surface area contributed by atoms with Gasteiger partial charge < -0.3 is 30.2 Å². The third-order valence-electron chi connectivity index (χ3n) is 5.95. The van der Waals surface area contributed by atoms with Crippen molar-refractivity contribution in [3.63, 3.8) is 0 Å². The number of nitrogens with one attached hydrogen (secondary N) is 1. The highest BCUT2D eigenvalue weighted by Gasteiger charge is 2.45. The molecule has 0 bridgehead atoms. The molecule has 3 heterocycles. The fraction of sp³-hybridized carbons (Fsp3) is 0.520. The number of anilines is 1. The Morgan fingerprint density at radius 2 is 2.00 bits per heavy atom. The topological polar surface area (TPSA) is 188 Å². The van der Waals surface area contributed by atoms with Gasteiger partial charge in [-0.3, -0.25) is 13.9 Å². The molecule has 0 aliphatic carbocycles. The number of aromatic nitrogens is 4. The monoisotopic (exact) mass is 577 g/mol. The van der Waals surface area contributed by atoms with Gasteiger partial charge in [-0.1, -0.05) is 18.2 Å². The van der Waals surface area contributed by atoms with E-state index in [-0.39, 0.29) is 24.5 Å². The quantitative estimate of drug-likeness (QED) is 0.211. The van der Waals surface area contributed by atoms with E-state index < -0.39 is 37.6 Å². The third-order valence-corrected chi connectivity index (χ3v) is 7.59. The Hall–Kier alpha value is -3.29. The number of hydrogen-bond acceptors (Lipinski definition) is 12. The van der Waals surface area contributed by atoms with E-state index in [0.29, 0.717) is 29.9 Å². The average Bonchev–Trinajstić information content (AvgIpc) is 3.42. The SMILES string of the molecule is CCOc1nc(N)nc2c1ncn2[C@@H]1O[C@H](COP(=O)(N[C@@H](C)C(=O)OC(C)C)Oc2ccccc2)C[C@@]1(C)N. The molecular weight excluding hydrogens is 541 g/mol. The van der Waals surface area contributed by atoms with Crippen molar-refractivity contribution in [2.45, 2.75) is 71.1 Å². The Balaban J connectivity index is 1.52. The standard InChI is InChI=1S/C25H36N7O7P/c1-6-35-21-19-20(29-24(26)30-21)32(14-28-19)23-25(5,27)12-18(38-23)13-36-40(34,39-17-10-8-7-9-11-17)31-16(4)22(33)37-15(2)3/h7-11,14-16,18,23H,6,12-13,27H2,1-5H3,(H,31,34)(H2,26,29,30)/t16-,18-,23+,25+,40?/m0/s1. The van der Waals surface area contributed by atoms with Crippen LogP contribution in [0.5, 0.6) is 11.6 Å². The lowest BCUT2D eigenvalue weighted by molar-refractivity contribution is -0.149. The van der Waals surface area contributed by atoms with E-state index in [1.165, 1.54) is 13.3 Å². The first-order valence-corrected chi connectivity index (χ1v) is 14.5. The van der Waals surface area contributed by atoms with Crippen molar-refractivity contribution in [3.05, 3.63) is 36.7 Å². The molecule has 1 fully saturated rings. The second-order valence-electron chi connectivity index (χ2n) is 10.00. The number of para-hydroxylation sites is 1. The van der Waals surface area contributed by atoms with Crippen LogP contribution in [0.4, 0.5) is 5.95 Å². The highest BCUT2D eigenvalue weighted by atomic mass is 31.2. The van der Waals surface area contributed by atoms with Crippen molar-refractivity contribution in [2.75, 3.05) is 18.9 Å². The van der Waals surface area contributed by atoms with Gasteiger partial charge >= 0.3 is 13.7 Å². The molecule has 0 amide bonds. The molecule has 1 aliphatic heterocycles. The minimum atomic E-state index is -4.07. The summed E-state index contributed by atoms with van der Waals surface area (Å²) in [7, 11) is -4.07. The van der Waals surface area contributed by atoms with Crippen LogP contribution in [0.2, 0.25) is 0 Å². The Morgan fingerprint density at radius 1 is 1.27 bits per heavy atom. The van der Waals surface area contributed by atoms with Crippen LogP contribution in [0.1, 0.15) is 47.3 Å². The molecule has 15 heteroatoms. The van der Waals surface area contributed by atoms with Crippen LogP contribution in [0.15, 0.2) is 36.7 Å². The second kappa shape index (κ2) is 12.1. The summed E-state index contributed by atoms with van der Waals surface area (Å²) in [5, 5.41) is 2.67. The number of esters is 1. The van der Waals surface area contributed by atoms with Gasteiger partial charge in [-0.05, 0) is 53.2 Å². The number of rotatable bonds is 12. The highest BCUT2D eigenvalue weighted by molar-refractivity contribution is 7.52. The molecule has 5 atom stereocenters. The zero-order valence-electron chi connectivity index (χ0n) is 23.1. The smallest absolute Gasteiger partial charge is 0.459 e. The number of nitrogen functional groups attached to an aromatic ring is 1. The summed E-state index contributed by atoms with van der Waals surface area (Å²) in [6.07, 6.45) is 0.232. The van der Waals surface area contributed by atoms with Crippen molar-refractivity contribution in [1.29, 1.82) is 0 Å². The first-order chi connectivity index (χ1) is 18.9.